The first-order chi connectivity index (χ1) is 8.56. The number of nitrogens with zero attached hydrogens (tertiary/aromatic N) is 1. The molecule has 1 aromatic carbocycles. The number of rotatable bonds is 4. The van der Waals surface area contributed by atoms with Gasteiger partial charge in [-0.3, -0.25) is 4.99 Å². The molecule has 100 valence electrons. The minimum Gasteiger partial charge on any atom is -0.508 e. The maximum absolute atomic E-state index is 9.74. The minimum atomic E-state index is 0.239. The van der Waals surface area contributed by atoms with E-state index in [4.69, 9.17) is 4.74 Å². The Morgan fingerprint density at radius 3 is 2.72 bits per heavy atom. The van der Waals surface area contributed by atoms with Gasteiger partial charge in [0.05, 0.1) is 7.11 Å². The quantitative estimate of drug-likeness (QED) is 0.560. The Bertz CT molecular complexity index is 417. The molecule has 0 radical (unpaired) electrons. The highest BCUT2D eigenvalue weighted by Gasteiger charge is 2.05. The lowest BCUT2D eigenvalue weighted by atomic mass is 10.2. The van der Waals surface area contributed by atoms with Crippen LogP contribution in [0.5, 0.6) is 11.5 Å². The highest BCUT2D eigenvalue weighted by atomic mass is 16.5. The molecular formula is C13H21N3O2. The van der Waals surface area contributed by atoms with Crippen molar-refractivity contribution in [2.45, 2.75) is 26.4 Å². The van der Waals surface area contributed by atoms with Crippen LogP contribution in [0.4, 0.5) is 0 Å². The highest BCUT2D eigenvalue weighted by Crippen LogP contribution is 2.22. The Balaban J connectivity index is 2.67. The summed E-state index contributed by atoms with van der Waals surface area (Å²) in [6, 6.07) is 5.44. The van der Waals surface area contributed by atoms with Gasteiger partial charge in [-0.15, -0.1) is 0 Å². The normalized spacial score (nSPS) is 11.5. The van der Waals surface area contributed by atoms with Gasteiger partial charge in [-0.1, -0.05) is 0 Å². The standard InChI is InChI=1S/C13H21N3O2/c1-9(2)16-13(14-3)15-8-10-7-11(18-4)5-6-12(10)17/h5-7,9,17H,8H2,1-4H3,(H2,14,15,16). The predicted molar refractivity (Wildman–Crippen MR) is 73.1 cm³/mol. The van der Waals surface area contributed by atoms with E-state index in [1.165, 1.54) is 0 Å². The van der Waals surface area contributed by atoms with Crippen LogP contribution < -0.4 is 15.4 Å². The van der Waals surface area contributed by atoms with Crippen molar-refractivity contribution in [3.05, 3.63) is 23.8 Å². The van der Waals surface area contributed by atoms with E-state index in [1.54, 1.807) is 32.4 Å². The molecule has 0 fully saturated rings. The molecule has 0 amide bonds. The largest absolute Gasteiger partial charge is 0.508 e. The summed E-state index contributed by atoms with van der Waals surface area (Å²) in [5.74, 6) is 1.66. The van der Waals surface area contributed by atoms with Crippen LogP contribution in [0, 0.1) is 0 Å². The van der Waals surface area contributed by atoms with Crippen LogP contribution in [0.25, 0.3) is 0 Å². The first-order valence-electron chi connectivity index (χ1n) is 5.90. The number of nitrogens with one attached hydrogen (secondary N) is 2. The van der Waals surface area contributed by atoms with E-state index < -0.39 is 0 Å². The SMILES string of the molecule is CN=C(NCc1cc(OC)ccc1O)NC(C)C. The second-order valence-corrected chi connectivity index (χ2v) is 4.22. The zero-order valence-electron chi connectivity index (χ0n) is 11.3. The Kier molecular flexibility index (Phi) is 5.30. The van der Waals surface area contributed by atoms with Gasteiger partial charge < -0.3 is 20.5 Å². The Hall–Kier alpha value is -1.91. The van der Waals surface area contributed by atoms with Gasteiger partial charge in [0.2, 0.25) is 0 Å². The molecule has 0 aliphatic rings. The minimum absolute atomic E-state index is 0.239. The monoisotopic (exact) mass is 251 g/mol. The molecule has 0 saturated carbocycles. The van der Waals surface area contributed by atoms with E-state index in [9.17, 15) is 5.11 Å². The first kappa shape index (κ1) is 14.2. The van der Waals surface area contributed by atoms with Gasteiger partial charge in [-0.25, -0.2) is 0 Å². The molecule has 0 bridgehead atoms. The second kappa shape index (κ2) is 6.74. The second-order valence-electron chi connectivity index (χ2n) is 4.22. The molecule has 1 rings (SSSR count). The molecule has 0 aliphatic heterocycles. The lowest BCUT2D eigenvalue weighted by molar-refractivity contribution is 0.410. The average molecular weight is 251 g/mol. The van der Waals surface area contributed by atoms with Gasteiger partial charge >= 0.3 is 0 Å². The van der Waals surface area contributed by atoms with E-state index in [2.05, 4.69) is 15.6 Å². The molecule has 0 unspecified atom stereocenters. The van der Waals surface area contributed by atoms with Gasteiger partial charge in [-0.2, -0.15) is 0 Å². The lowest BCUT2D eigenvalue weighted by Gasteiger charge is -2.15. The van der Waals surface area contributed by atoms with Crippen molar-refractivity contribution in [2.75, 3.05) is 14.2 Å². The summed E-state index contributed by atoms with van der Waals surface area (Å²) in [5.41, 5.74) is 0.765. The average Bonchev–Trinajstić information content (AvgIpc) is 2.35. The molecular weight excluding hydrogens is 230 g/mol. The fourth-order valence-corrected chi connectivity index (χ4v) is 1.48. The fourth-order valence-electron chi connectivity index (χ4n) is 1.48. The van der Waals surface area contributed by atoms with Crippen molar-refractivity contribution < 1.29 is 9.84 Å². The predicted octanol–water partition coefficient (Wildman–Crippen LogP) is 1.47. The van der Waals surface area contributed by atoms with Gasteiger partial charge in [-0.05, 0) is 32.0 Å². The van der Waals surface area contributed by atoms with E-state index >= 15 is 0 Å². The molecule has 0 heterocycles. The molecule has 1 aromatic rings. The summed E-state index contributed by atoms with van der Waals surface area (Å²) >= 11 is 0. The third kappa shape index (κ3) is 4.16. The van der Waals surface area contributed by atoms with Crippen molar-refractivity contribution >= 4 is 5.96 Å². The number of benzene rings is 1. The first-order valence-corrected chi connectivity index (χ1v) is 5.90. The topological polar surface area (TPSA) is 65.9 Å². The van der Waals surface area contributed by atoms with Crippen LogP contribution in [0.3, 0.4) is 0 Å². The van der Waals surface area contributed by atoms with Crippen LogP contribution in [0.2, 0.25) is 0 Å². The number of ether oxygens (including phenoxy) is 1. The Labute approximate surface area is 108 Å². The van der Waals surface area contributed by atoms with E-state index in [0.717, 1.165) is 11.3 Å². The lowest BCUT2D eigenvalue weighted by Crippen LogP contribution is -2.40. The van der Waals surface area contributed by atoms with E-state index in [-0.39, 0.29) is 5.75 Å². The molecule has 5 heteroatoms. The molecule has 0 aliphatic carbocycles. The van der Waals surface area contributed by atoms with Crippen molar-refractivity contribution in [1.29, 1.82) is 0 Å². The van der Waals surface area contributed by atoms with Gasteiger partial charge in [0, 0.05) is 25.2 Å². The zero-order valence-corrected chi connectivity index (χ0v) is 11.3. The molecule has 3 N–H and O–H groups in total. The number of aromatic hydroxyl groups is 1. The number of hydrogen-bond acceptors (Lipinski definition) is 3. The van der Waals surface area contributed by atoms with Crippen LogP contribution >= 0.6 is 0 Å². The fraction of sp³-hybridized carbons (Fsp3) is 0.462. The molecule has 0 atom stereocenters. The van der Waals surface area contributed by atoms with E-state index in [0.29, 0.717) is 18.5 Å². The van der Waals surface area contributed by atoms with Crippen LogP contribution in [0.1, 0.15) is 19.4 Å². The Morgan fingerprint density at radius 2 is 2.17 bits per heavy atom. The summed E-state index contributed by atoms with van der Waals surface area (Å²) in [6.07, 6.45) is 0. The van der Waals surface area contributed by atoms with Gasteiger partial charge in [0.1, 0.15) is 11.5 Å². The van der Waals surface area contributed by atoms with Crippen LogP contribution in [-0.2, 0) is 6.54 Å². The summed E-state index contributed by atoms with van der Waals surface area (Å²) in [5, 5.41) is 16.0. The summed E-state index contributed by atoms with van der Waals surface area (Å²) in [7, 11) is 3.31. The van der Waals surface area contributed by atoms with Crippen molar-refractivity contribution in [1.82, 2.24) is 10.6 Å². The molecule has 0 aromatic heterocycles. The number of hydrogen-bond donors (Lipinski definition) is 3. The van der Waals surface area contributed by atoms with Crippen molar-refractivity contribution in [3.8, 4) is 11.5 Å². The highest BCUT2D eigenvalue weighted by molar-refractivity contribution is 5.79. The number of phenols is 1. The third-order valence-electron chi connectivity index (χ3n) is 2.38. The summed E-state index contributed by atoms with van der Waals surface area (Å²) < 4.78 is 5.12. The maximum atomic E-state index is 9.74. The summed E-state index contributed by atoms with van der Waals surface area (Å²) in [6.45, 7) is 4.56. The maximum Gasteiger partial charge on any atom is 0.191 e. The van der Waals surface area contributed by atoms with E-state index in [1.807, 2.05) is 13.8 Å². The van der Waals surface area contributed by atoms with Crippen molar-refractivity contribution in [2.24, 2.45) is 4.99 Å². The van der Waals surface area contributed by atoms with Crippen LogP contribution in [0.15, 0.2) is 23.2 Å². The van der Waals surface area contributed by atoms with Crippen molar-refractivity contribution in [3.63, 3.8) is 0 Å². The smallest absolute Gasteiger partial charge is 0.191 e. The van der Waals surface area contributed by atoms with Gasteiger partial charge in [0.15, 0.2) is 5.96 Å². The van der Waals surface area contributed by atoms with Crippen LogP contribution in [-0.4, -0.2) is 31.3 Å². The summed E-state index contributed by atoms with van der Waals surface area (Å²) in [4.78, 5) is 4.10. The number of guanidine groups is 1. The number of phenolic OH excluding ortho intramolecular Hbond substituents is 1. The Morgan fingerprint density at radius 1 is 1.44 bits per heavy atom. The van der Waals surface area contributed by atoms with Gasteiger partial charge in [0.25, 0.3) is 0 Å². The molecule has 0 saturated heterocycles. The third-order valence-corrected chi connectivity index (χ3v) is 2.38. The molecule has 18 heavy (non-hydrogen) atoms. The molecule has 0 spiro atoms. The molecule has 5 nitrogen and oxygen atoms in total. The number of aliphatic imine (C=N–C) groups is 1. The zero-order chi connectivity index (χ0) is 13.5. The number of methoxy groups -OCH3 is 1.